The van der Waals surface area contributed by atoms with Crippen LogP contribution < -0.4 is 16.6 Å². The van der Waals surface area contributed by atoms with Crippen LogP contribution in [0.4, 0.5) is 5.95 Å². The number of anilines is 1. The lowest BCUT2D eigenvalue weighted by molar-refractivity contribution is -0.191. The summed E-state index contributed by atoms with van der Waals surface area (Å²) in [5, 5.41) is 2.94. The van der Waals surface area contributed by atoms with Gasteiger partial charge in [0.15, 0.2) is 5.95 Å². The van der Waals surface area contributed by atoms with Crippen LogP contribution in [0.3, 0.4) is 0 Å². The van der Waals surface area contributed by atoms with Crippen LogP contribution in [0.2, 0.25) is 0 Å². The fraction of sp³-hybridized carbons (Fsp3) is 0.194. The van der Waals surface area contributed by atoms with Crippen molar-refractivity contribution in [1.82, 2.24) is 24.8 Å². The molecule has 0 unspecified atom stereocenters. The first-order chi connectivity index (χ1) is 19.9. The van der Waals surface area contributed by atoms with Gasteiger partial charge in [-0.25, -0.2) is 4.98 Å². The predicted octanol–water partition coefficient (Wildman–Crippen LogP) is 3.59. The normalized spacial score (nSPS) is 10.5. The monoisotopic (exact) mass is 550 g/mol. The lowest BCUT2D eigenvalue weighted by Crippen LogP contribution is -2.34. The summed E-state index contributed by atoms with van der Waals surface area (Å²) in [5.41, 5.74) is 12.2. The molecule has 0 saturated carbocycles. The molecule has 0 aliphatic heterocycles. The number of rotatable bonds is 9. The van der Waals surface area contributed by atoms with Gasteiger partial charge in [0, 0.05) is 12.1 Å². The first kappa shape index (κ1) is 28.7. The van der Waals surface area contributed by atoms with Gasteiger partial charge in [0.1, 0.15) is 12.2 Å². The molecule has 0 spiro atoms. The van der Waals surface area contributed by atoms with Gasteiger partial charge in [0.2, 0.25) is 5.91 Å². The van der Waals surface area contributed by atoms with Gasteiger partial charge in [-0.3, -0.25) is 19.1 Å². The Hall–Kier alpha value is -5.34. The zero-order chi connectivity index (χ0) is 29.2. The number of aromatic nitrogens is 4. The molecule has 208 valence electrons. The summed E-state index contributed by atoms with van der Waals surface area (Å²) in [4.78, 5) is 54.6. The number of nitrogens with two attached hydrogens (primary N) is 1. The smallest absolute Gasteiger partial charge is 0.369 e. The third-order valence-corrected chi connectivity index (χ3v) is 6.52. The highest BCUT2D eigenvalue weighted by Crippen LogP contribution is 2.19. The van der Waals surface area contributed by atoms with Crippen molar-refractivity contribution < 1.29 is 14.4 Å². The minimum absolute atomic E-state index is 0.102. The SMILES string of the molecule is Cc1cccc(-c2cnc(CCCc3ccccc3)c(=O)n2CC(=O)NCc2ccc3nc(N)[nH]c3c2)c1.O=C=O. The Balaban J connectivity index is 0.00000124. The van der Waals surface area contributed by atoms with Crippen LogP contribution in [0.1, 0.15) is 28.8 Å². The highest BCUT2D eigenvalue weighted by atomic mass is 16.2. The number of hydrogen-bond donors (Lipinski definition) is 3. The third kappa shape index (κ3) is 7.62. The highest BCUT2D eigenvalue weighted by Gasteiger charge is 2.15. The molecule has 2 aromatic heterocycles. The van der Waals surface area contributed by atoms with E-state index in [1.54, 1.807) is 6.20 Å². The van der Waals surface area contributed by atoms with E-state index in [0.717, 1.165) is 40.6 Å². The van der Waals surface area contributed by atoms with Gasteiger partial charge in [0.05, 0.1) is 22.9 Å². The van der Waals surface area contributed by atoms with Gasteiger partial charge in [-0.05, 0) is 55.5 Å². The Morgan fingerprint density at radius 3 is 2.54 bits per heavy atom. The number of hydrogen-bond acceptors (Lipinski definition) is 7. The Morgan fingerprint density at radius 2 is 1.78 bits per heavy atom. The van der Waals surface area contributed by atoms with E-state index in [2.05, 4.69) is 32.4 Å². The predicted molar refractivity (Wildman–Crippen MR) is 154 cm³/mol. The number of carbonyl (C=O) groups excluding carboxylic acids is 3. The molecule has 0 radical (unpaired) electrons. The molecule has 10 nitrogen and oxygen atoms in total. The van der Waals surface area contributed by atoms with Crippen molar-refractivity contribution in [3.63, 3.8) is 0 Å². The Bertz CT molecular complexity index is 1740. The maximum absolute atomic E-state index is 13.5. The van der Waals surface area contributed by atoms with Crippen molar-refractivity contribution in [2.24, 2.45) is 0 Å². The standard InChI is InChI=1S/C30H30N6O2.CO2/c1-20-7-5-11-23(15-20)27-18-32-25(12-6-10-21-8-3-2-4-9-21)29(38)36(27)19-28(37)33-17-22-13-14-24-26(16-22)35-30(31)34-24;2-1-3/h2-5,7-9,11,13-16,18H,6,10,12,17,19H2,1H3,(H,33,37)(H3,31,34,35);. The molecule has 0 bridgehead atoms. The van der Waals surface area contributed by atoms with Crippen molar-refractivity contribution in [1.29, 1.82) is 0 Å². The van der Waals surface area contributed by atoms with E-state index in [1.165, 1.54) is 10.1 Å². The molecule has 4 N–H and O–H groups in total. The maximum Gasteiger partial charge on any atom is 0.373 e. The van der Waals surface area contributed by atoms with E-state index in [1.807, 2.05) is 67.6 Å². The molecule has 2 heterocycles. The molecule has 0 fully saturated rings. The van der Waals surface area contributed by atoms with Crippen LogP contribution in [0.5, 0.6) is 0 Å². The molecule has 0 atom stereocenters. The molecule has 3 aromatic carbocycles. The largest absolute Gasteiger partial charge is 0.373 e. The van der Waals surface area contributed by atoms with Gasteiger partial charge in [-0.1, -0.05) is 60.2 Å². The number of aromatic amines is 1. The van der Waals surface area contributed by atoms with Gasteiger partial charge in [-0.2, -0.15) is 9.59 Å². The number of aryl methyl sites for hydroxylation is 3. The quantitative estimate of drug-likeness (QED) is 0.254. The van der Waals surface area contributed by atoms with Crippen LogP contribution in [0.15, 0.2) is 83.8 Å². The molecule has 10 heteroatoms. The highest BCUT2D eigenvalue weighted by molar-refractivity contribution is 5.79. The average molecular weight is 551 g/mol. The van der Waals surface area contributed by atoms with Crippen LogP contribution in [-0.4, -0.2) is 31.6 Å². The fourth-order valence-corrected chi connectivity index (χ4v) is 4.58. The van der Waals surface area contributed by atoms with Crippen LogP contribution in [-0.2, 0) is 40.3 Å². The molecule has 0 aliphatic carbocycles. The number of nitrogens with zero attached hydrogens (tertiary/aromatic N) is 3. The summed E-state index contributed by atoms with van der Waals surface area (Å²) < 4.78 is 1.54. The topological polar surface area (TPSA) is 153 Å². The lowest BCUT2D eigenvalue weighted by atomic mass is 10.1. The number of carbonyl (C=O) groups is 1. The second-order valence-corrected chi connectivity index (χ2v) is 9.52. The molecule has 5 aromatic rings. The number of nitrogens with one attached hydrogen (secondary N) is 2. The van der Waals surface area contributed by atoms with E-state index < -0.39 is 0 Å². The van der Waals surface area contributed by atoms with Crippen LogP contribution in [0, 0.1) is 6.92 Å². The van der Waals surface area contributed by atoms with Crippen molar-refractivity contribution in [3.05, 3.63) is 112 Å². The van der Waals surface area contributed by atoms with Crippen LogP contribution >= 0.6 is 0 Å². The van der Waals surface area contributed by atoms with Gasteiger partial charge in [-0.15, -0.1) is 0 Å². The zero-order valence-corrected chi connectivity index (χ0v) is 22.6. The summed E-state index contributed by atoms with van der Waals surface area (Å²) in [6, 6.07) is 23.7. The summed E-state index contributed by atoms with van der Waals surface area (Å²) in [5.74, 6) is 0.0909. The molecular formula is C31H30N6O4. The summed E-state index contributed by atoms with van der Waals surface area (Å²) >= 11 is 0. The van der Waals surface area contributed by atoms with E-state index in [0.29, 0.717) is 30.3 Å². The van der Waals surface area contributed by atoms with Crippen molar-refractivity contribution in [2.45, 2.75) is 39.3 Å². The number of imidazole rings is 1. The molecule has 0 saturated heterocycles. The molecule has 5 rings (SSSR count). The number of benzene rings is 3. The fourth-order valence-electron chi connectivity index (χ4n) is 4.58. The Morgan fingerprint density at radius 1 is 1.00 bits per heavy atom. The molecular weight excluding hydrogens is 520 g/mol. The lowest BCUT2D eigenvalue weighted by Gasteiger charge is -2.15. The van der Waals surface area contributed by atoms with E-state index >= 15 is 0 Å². The van der Waals surface area contributed by atoms with Crippen molar-refractivity contribution >= 4 is 29.0 Å². The van der Waals surface area contributed by atoms with Crippen LogP contribution in [0.25, 0.3) is 22.3 Å². The Kier molecular flexibility index (Phi) is 9.53. The number of fused-ring (bicyclic) bond motifs is 1. The van der Waals surface area contributed by atoms with Gasteiger partial charge >= 0.3 is 6.15 Å². The first-order valence-electron chi connectivity index (χ1n) is 13.1. The van der Waals surface area contributed by atoms with Gasteiger partial charge < -0.3 is 16.0 Å². The number of amides is 1. The molecule has 0 aliphatic rings. The Labute approximate surface area is 236 Å². The first-order valence-corrected chi connectivity index (χ1v) is 13.1. The second-order valence-electron chi connectivity index (χ2n) is 9.52. The van der Waals surface area contributed by atoms with E-state index in [4.69, 9.17) is 15.3 Å². The van der Waals surface area contributed by atoms with Gasteiger partial charge in [0.25, 0.3) is 5.56 Å². The summed E-state index contributed by atoms with van der Waals surface area (Å²) in [6.07, 6.45) is 4.14. The van der Waals surface area contributed by atoms with E-state index in [9.17, 15) is 9.59 Å². The minimum Gasteiger partial charge on any atom is -0.369 e. The number of nitrogen functional groups attached to an aromatic ring is 1. The summed E-state index contributed by atoms with van der Waals surface area (Å²) in [7, 11) is 0. The number of H-pyrrole nitrogens is 1. The van der Waals surface area contributed by atoms with Crippen molar-refractivity contribution in [3.8, 4) is 11.3 Å². The van der Waals surface area contributed by atoms with E-state index in [-0.39, 0.29) is 24.2 Å². The third-order valence-electron chi connectivity index (χ3n) is 6.52. The maximum atomic E-state index is 13.5. The average Bonchev–Trinajstić information content (AvgIpc) is 3.34. The minimum atomic E-state index is -0.258. The zero-order valence-electron chi connectivity index (χ0n) is 22.6. The van der Waals surface area contributed by atoms with Crippen molar-refractivity contribution in [2.75, 3.05) is 5.73 Å². The molecule has 41 heavy (non-hydrogen) atoms. The summed E-state index contributed by atoms with van der Waals surface area (Å²) in [6.45, 7) is 2.21. The molecule has 1 amide bonds. The second kappa shape index (κ2) is 13.6.